The average Bonchev–Trinajstić information content (AvgIpc) is 2.47. The van der Waals surface area contributed by atoms with Crippen molar-refractivity contribution in [1.29, 1.82) is 0 Å². The van der Waals surface area contributed by atoms with E-state index >= 15 is 0 Å². The van der Waals surface area contributed by atoms with E-state index in [2.05, 4.69) is 12.2 Å². The van der Waals surface area contributed by atoms with E-state index in [9.17, 15) is 4.39 Å². The van der Waals surface area contributed by atoms with Gasteiger partial charge in [-0.1, -0.05) is 6.92 Å². The van der Waals surface area contributed by atoms with Crippen molar-refractivity contribution in [2.24, 2.45) is 5.92 Å². The van der Waals surface area contributed by atoms with Crippen molar-refractivity contribution in [2.75, 3.05) is 13.2 Å². The van der Waals surface area contributed by atoms with Crippen molar-refractivity contribution in [1.82, 2.24) is 5.32 Å². The van der Waals surface area contributed by atoms with Crippen LogP contribution in [0.1, 0.15) is 26.2 Å². The minimum atomic E-state index is -0.819. The summed E-state index contributed by atoms with van der Waals surface area (Å²) < 4.78 is 11.8. The highest BCUT2D eigenvalue weighted by atomic mass is 19.1. The van der Waals surface area contributed by atoms with Gasteiger partial charge in [-0.2, -0.15) is 0 Å². The molecule has 2 nitrogen and oxygen atoms in total. The van der Waals surface area contributed by atoms with E-state index in [0.29, 0.717) is 12.6 Å². The molecule has 1 rings (SSSR count). The first-order chi connectivity index (χ1) is 5.72. The Morgan fingerprint density at radius 1 is 1.58 bits per heavy atom. The van der Waals surface area contributed by atoms with Gasteiger partial charge < -0.3 is 10.4 Å². The Balaban J connectivity index is 2.07. The monoisotopic (exact) mass is 175 g/mol. The number of aliphatic hydroxyl groups is 1. The Bertz CT molecular complexity index is 132. The molecule has 0 aromatic heterocycles. The normalized spacial score (nSPS) is 32.2. The van der Waals surface area contributed by atoms with E-state index in [0.717, 1.165) is 5.92 Å². The predicted molar refractivity (Wildman–Crippen MR) is 46.8 cm³/mol. The summed E-state index contributed by atoms with van der Waals surface area (Å²) in [6, 6.07) is 0.501. The third kappa shape index (κ3) is 3.07. The zero-order valence-electron chi connectivity index (χ0n) is 7.59. The fourth-order valence-electron chi connectivity index (χ4n) is 1.75. The Morgan fingerprint density at radius 2 is 2.33 bits per heavy atom. The number of halogens is 1. The van der Waals surface area contributed by atoms with Crippen molar-refractivity contribution in [3.8, 4) is 0 Å². The van der Waals surface area contributed by atoms with Crippen LogP contribution in [0.25, 0.3) is 0 Å². The molecule has 0 aromatic carbocycles. The molecule has 0 heterocycles. The van der Waals surface area contributed by atoms with Gasteiger partial charge >= 0.3 is 0 Å². The van der Waals surface area contributed by atoms with Crippen LogP contribution in [0.3, 0.4) is 0 Å². The van der Waals surface area contributed by atoms with Crippen LogP contribution in [-0.4, -0.2) is 30.5 Å². The van der Waals surface area contributed by atoms with Gasteiger partial charge in [-0.15, -0.1) is 0 Å². The third-order valence-corrected chi connectivity index (χ3v) is 2.52. The first-order valence-electron chi connectivity index (χ1n) is 4.69. The summed E-state index contributed by atoms with van der Waals surface area (Å²) >= 11 is 0. The van der Waals surface area contributed by atoms with E-state index in [1.54, 1.807) is 0 Å². The summed E-state index contributed by atoms with van der Waals surface area (Å²) in [6.45, 7) is 1.98. The van der Waals surface area contributed by atoms with Gasteiger partial charge in [-0.25, -0.2) is 4.39 Å². The lowest BCUT2D eigenvalue weighted by Gasteiger charge is -2.14. The van der Waals surface area contributed by atoms with E-state index in [1.165, 1.54) is 19.3 Å². The maximum atomic E-state index is 11.8. The van der Waals surface area contributed by atoms with Gasteiger partial charge in [0.25, 0.3) is 0 Å². The highest BCUT2D eigenvalue weighted by molar-refractivity contribution is 4.78. The molecule has 1 aliphatic rings. The lowest BCUT2D eigenvalue weighted by molar-refractivity contribution is 0.134. The Hall–Kier alpha value is -0.150. The molecule has 2 N–H and O–H groups in total. The van der Waals surface area contributed by atoms with Gasteiger partial charge in [0.05, 0.1) is 6.10 Å². The summed E-state index contributed by atoms with van der Waals surface area (Å²) in [4.78, 5) is 0. The highest BCUT2D eigenvalue weighted by Crippen LogP contribution is 2.24. The summed E-state index contributed by atoms with van der Waals surface area (Å²) in [5, 5.41) is 12.1. The molecule has 12 heavy (non-hydrogen) atoms. The minimum absolute atomic E-state index is 0.397. The molecular weight excluding hydrogens is 157 g/mol. The first kappa shape index (κ1) is 9.93. The number of nitrogens with one attached hydrogen (secondary N) is 1. The fourth-order valence-corrected chi connectivity index (χ4v) is 1.75. The second kappa shape index (κ2) is 4.77. The van der Waals surface area contributed by atoms with Crippen LogP contribution in [0, 0.1) is 5.92 Å². The standard InChI is InChI=1S/C9H18FNO/c1-7-2-3-8(4-7)11-6-9(12)5-10/h7-9,11-12H,2-6H2,1H3. The van der Waals surface area contributed by atoms with Gasteiger partial charge in [0.1, 0.15) is 6.67 Å². The van der Waals surface area contributed by atoms with Gasteiger partial charge in [0.2, 0.25) is 0 Å². The summed E-state index contributed by atoms with van der Waals surface area (Å²) in [5.41, 5.74) is 0. The molecule has 1 aliphatic carbocycles. The maximum absolute atomic E-state index is 11.8. The largest absolute Gasteiger partial charge is 0.389 e. The lowest BCUT2D eigenvalue weighted by Crippen LogP contribution is -2.34. The van der Waals surface area contributed by atoms with E-state index in [-0.39, 0.29) is 0 Å². The first-order valence-corrected chi connectivity index (χ1v) is 4.69. The number of rotatable bonds is 4. The van der Waals surface area contributed by atoms with Crippen molar-refractivity contribution < 1.29 is 9.50 Å². The summed E-state index contributed by atoms with van der Waals surface area (Å²) in [5.74, 6) is 0.782. The van der Waals surface area contributed by atoms with Gasteiger partial charge in [0.15, 0.2) is 0 Å². The molecule has 72 valence electrons. The molecule has 3 atom stereocenters. The van der Waals surface area contributed by atoms with Crippen LogP contribution in [0.2, 0.25) is 0 Å². The van der Waals surface area contributed by atoms with Crippen molar-refractivity contribution in [3.63, 3.8) is 0 Å². The van der Waals surface area contributed by atoms with Gasteiger partial charge in [-0.05, 0) is 25.2 Å². The molecule has 0 bridgehead atoms. The van der Waals surface area contributed by atoms with Crippen LogP contribution >= 0.6 is 0 Å². The zero-order chi connectivity index (χ0) is 8.97. The molecule has 1 saturated carbocycles. The van der Waals surface area contributed by atoms with Crippen LogP contribution < -0.4 is 5.32 Å². The number of aliphatic hydroxyl groups excluding tert-OH is 1. The van der Waals surface area contributed by atoms with E-state index in [4.69, 9.17) is 5.11 Å². The van der Waals surface area contributed by atoms with Crippen molar-refractivity contribution in [3.05, 3.63) is 0 Å². The quantitative estimate of drug-likeness (QED) is 0.670. The predicted octanol–water partition coefficient (Wildman–Crippen LogP) is 1.09. The molecule has 0 spiro atoms. The van der Waals surface area contributed by atoms with E-state index in [1.807, 2.05) is 0 Å². The Labute approximate surface area is 73.2 Å². The van der Waals surface area contributed by atoms with Crippen LogP contribution in [0.4, 0.5) is 4.39 Å². The lowest BCUT2D eigenvalue weighted by atomic mass is 10.1. The SMILES string of the molecule is CC1CCC(NCC(O)CF)C1. The molecule has 3 heteroatoms. The third-order valence-electron chi connectivity index (χ3n) is 2.52. The molecule has 0 amide bonds. The van der Waals surface area contributed by atoms with Crippen molar-refractivity contribution in [2.45, 2.75) is 38.3 Å². The average molecular weight is 175 g/mol. The number of hydrogen-bond donors (Lipinski definition) is 2. The van der Waals surface area contributed by atoms with Gasteiger partial charge in [0, 0.05) is 12.6 Å². The highest BCUT2D eigenvalue weighted by Gasteiger charge is 2.21. The Kier molecular flexibility index (Phi) is 3.95. The van der Waals surface area contributed by atoms with Crippen LogP contribution in [-0.2, 0) is 0 Å². The molecule has 0 radical (unpaired) electrons. The molecule has 1 fully saturated rings. The maximum Gasteiger partial charge on any atom is 0.117 e. The topological polar surface area (TPSA) is 32.3 Å². The fraction of sp³-hybridized carbons (Fsp3) is 1.00. The van der Waals surface area contributed by atoms with Crippen LogP contribution in [0.15, 0.2) is 0 Å². The summed E-state index contributed by atoms with van der Waals surface area (Å²) in [6.07, 6.45) is 2.77. The minimum Gasteiger partial charge on any atom is -0.389 e. The van der Waals surface area contributed by atoms with Crippen molar-refractivity contribution >= 4 is 0 Å². The molecular formula is C9H18FNO. The van der Waals surface area contributed by atoms with Crippen LogP contribution in [0.5, 0.6) is 0 Å². The van der Waals surface area contributed by atoms with Gasteiger partial charge in [-0.3, -0.25) is 0 Å². The molecule has 0 saturated heterocycles. The second-order valence-electron chi connectivity index (χ2n) is 3.83. The summed E-state index contributed by atoms with van der Waals surface area (Å²) in [7, 11) is 0. The number of hydrogen-bond acceptors (Lipinski definition) is 2. The molecule has 0 aromatic rings. The smallest absolute Gasteiger partial charge is 0.117 e. The molecule has 0 aliphatic heterocycles. The number of alkyl halides is 1. The van der Waals surface area contributed by atoms with E-state index < -0.39 is 12.8 Å². The second-order valence-corrected chi connectivity index (χ2v) is 3.83. The Morgan fingerprint density at radius 3 is 2.83 bits per heavy atom. The zero-order valence-corrected chi connectivity index (χ0v) is 7.59. The molecule has 3 unspecified atom stereocenters.